The lowest BCUT2D eigenvalue weighted by atomic mass is 10.5. The van der Waals surface area contributed by atoms with E-state index in [1.165, 1.54) is 11.8 Å². The fraction of sp³-hybridized carbons (Fsp3) is 0.444. The Hall–Kier alpha value is -0.950. The molecule has 0 radical (unpaired) electrons. The molecule has 0 saturated heterocycles. The quantitative estimate of drug-likeness (QED) is 0.645. The summed E-state index contributed by atoms with van der Waals surface area (Å²) in [5.41, 5.74) is 5.38. The zero-order valence-corrected chi connectivity index (χ0v) is 9.14. The van der Waals surface area contributed by atoms with Crippen LogP contribution in [0.15, 0.2) is 23.2 Å². The number of nitrogen functional groups attached to an aromatic ring is 1. The Morgan fingerprint density at radius 2 is 2.12 bits per heavy atom. The number of halogens is 3. The van der Waals surface area contributed by atoms with Crippen molar-refractivity contribution in [3.8, 4) is 0 Å². The average molecular weight is 252 g/mol. The molecule has 1 rings (SSSR count). The minimum atomic E-state index is -4.26. The normalized spacial score (nSPS) is 11.7. The van der Waals surface area contributed by atoms with Crippen molar-refractivity contribution in [3.05, 3.63) is 18.3 Å². The summed E-state index contributed by atoms with van der Waals surface area (Å²) < 4.78 is 39.5. The number of nitrogens with zero attached hydrogens (tertiary/aromatic N) is 1. The lowest BCUT2D eigenvalue weighted by Crippen LogP contribution is -2.17. The first-order chi connectivity index (χ1) is 7.47. The number of thioether (sulfide) groups is 1. The zero-order chi connectivity index (χ0) is 12.0. The fourth-order valence-corrected chi connectivity index (χ4v) is 1.61. The highest BCUT2D eigenvalue weighted by Gasteiger charge is 2.27. The molecule has 0 unspecified atom stereocenters. The van der Waals surface area contributed by atoms with Crippen LogP contribution in [-0.2, 0) is 4.74 Å². The molecule has 0 aliphatic rings. The second kappa shape index (κ2) is 5.95. The van der Waals surface area contributed by atoms with Gasteiger partial charge in [0.05, 0.1) is 6.61 Å². The topological polar surface area (TPSA) is 48.1 Å². The van der Waals surface area contributed by atoms with E-state index in [0.717, 1.165) is 4.90 Å². The molecule has 0 fully saturated rings. The molecule has 1 heterocycles. The van der Waals surface area contributed by atoms with Crippen LogP contribution >= 0.6 is 11.8 Å². The van der Waals surface area contributed by atoms with Gasteiger partial charge in [-0.1, -0.05) is 0 Å². The smallest absolute Gasteiger partial charge is 0.384 e. The Morgan fingerprint density at radius 1 is 1.38 bits per heavy atom. The van der Waals surface area contributed by atoms with Crippen molar-refractivity contribution >= 4 is 17.6 Å². The number of rotatable bonds is 5. The standard InChI is InChI=1S/C9H11F3N2OS/c10-9(11,12)6-15-3-4-16-7-1-2-8(13)14-5-7/h1-2,5H,3-4,6H2,(H2,13,14). The maximum atomic E-state index is 11.7. The van der Waals surface area contributed by atoms with Crippen LogP contribution in [0.2, 0.25) is 0 Å². The lowest BCUT2D eigenvalue weighted by molar-refractivity contribution is -0.172. The van der Waals surface area contributed by atoms with E-state index < -0.39 is 12.8 Å². The van der Waals surface area contributed by atoms with E-state index in [4.69, 9.17) is 5.73 Å². The molecule has 1 aromatic rings. The summed E-state index contributed by atoms with van der Waals surface area (Å²) in [6.45, 7) is -1.15. The van der Waals surface area contributed by atoms with Gasteiger partial charge in [-0.25, -0.2) is 4.98 Å². The minimum absolute atomic E-state index is 0.0502. The molecule has 0 atom stereocenters. The Morgan fingerprint density at radius 3 is 2.69 bits per heavy atom. The van der Waals surface area contributed by atoms with Gasteiger partial charge in [-0.3, -0.25) is 0 Å². The molecule has 0 bridgehead atoms. The molecule has 0 spiro atoms. The second-order valence-corrected chi connectivity index (χ2v) is 4.10. The van der Waals surface area contributed by atoms with E-state index in [2.05, 4.69) is 9.72 Å². The Kier molecular flexibility index (Phi) is 4.88. The van der Waals surface area contributed by atoms with Gasteiger partial charge in [-0.15, -0.1) is 11.8 Å². The number of pyridine rings is 1. The summed E-state index contributed by atoms with van der Waals surface area (Å²) in [6, 6.07) is 3.40. The van der Waals surface area contributed by atoms with E-state index in [1.807, 2.05) is 0 Å². The first-order valence-electron chi connectivity index (χ1n) is 4.46. The Balaban J connectivity index is 2.14. The highest BCUT2D eigenvalue weighted by Crippen LogP contribution is 2.18. The molecule has 7 heteroatoms. The van der Waals surface area contributed by atoms with Gasteiger partial charge >= 0.3 is 6.18 Å². The van der Waals surface area contributed by atoms with Crippen molar-refractivity contribution in [2.45, 2.75) is 11.1 Å². The minimum Gasteiger partial charge on any atom is -0.384 e. The molecule has 3 nitrogen and oxygen atoms in total. The van der Waals surface area contributed by atoms with Gasteiger partial charge < -0.3 is 10.5 Å². The van der Waals surface area contributed by atoms with E-state index >= 15 is 0 Å². The number of alkyl halides is 3. The zero-order valence-electron chi connectivity index (χ0n) is 8.33. The summed E-state index contributed by atoms with van der Waals surface area (Å²) in [7, 11) is 0. The van der Waals surface area contributed by atoms with Gasteiger partial charge in [0.2, 0.25) is 0 Å². The molecule has 90 valence electrons. The van der Waals surface area contributed by atoms with Crippen molar-refractivity contribution in [1.29, 1.82) is 0 Å². The number of ether oxygens (including phenoxy) is 1. The molecule has 1 aromatic heterocycles. The van der Waals surface area contributed by atoms with Crippen LogP contribution in [-0.4, -0.2) is 30.1 Å². The summed E-state index contributed by atoms with van der Waals surface area (Å²) >= 11 is 1.37. The summed E-state index contributed by atoms with van der Waals surface area (Å²) in [5.74, 6) is 0.861. The first-order valence-corrected chi connectivity index (χ1v) is 5.45. The van der Waals surface area contributed by atoms with Crippen LogP contribution < -0.4 is 5.73 Å². The van der Waals surface area contributed by atoms with Crippen molar-refractivity contribution in [1.82, 2.24) is 4.98 Å². The van der Waals surface area contributed by atoms with Gasteiger partial charge in [-0.05, 0) is 12.1 Å². The average Bonchev–Trinajstić information content (AvgIpc) is 2.19. The van der Waals surface area contributed by atoms with Crippen LogP contribution in [0.1, 0.15) is 0 Å². The number of aromatic nitrogens is 1. The van der Waals surface area contributed by atoms with E-state index in [1.54, 1.807) is 18.3 Å². The number of anilines is 1. The maximum Gasteiger partial charge on any atom is 0.411 e. The van der Waals surface area contributed by atoms with Crippen LogP contribution in [0, 0.1) is 0 Å². The highest BCUT2D eigenvalue weighted by atomic mass is 32.2. The third-order valence-electron chi connectivity index (χ3n) is 1.52. The molecule has 0 aliphatic carbocycles. The van der Waals surface area contributed by atoms with Gasteiger partial charge in [0.15, 0.2) is 0 Å². The summed E-state index contributed by atoms with van der Waals surface area (Å²) in [4.78, 5) is 4.71. The van der Waals surface area contributed by atoms with Crippen LogP contribution in [0.3, 0.4) is 0 Å². The maximum absolute atomic E-state index is 11.7. The summed E-state index contributed by atoms with van der Waals surface area (Å²) in [6.07, 6.45) is -2.68. The van der Waals surface area contributed by atoms with Crippen LogP contribution in [0.25, 0.3) is 0 Å². The van der Waals surface area contributed by atoms with Gasteiger partial charge in [0, 0.05) is 16.8 Å². The highest BCUT2D eigenvalue weighted by molar-refractivity contribution is 7.99. The first kappa shape index (κ1) is 13.1. The third kappa shape index (κ3) is 5.82. The molecule has 0 aromatic carbocycles. The van der Waals surface area contributed by atoms with E-state index in [-0.39, 0.29) is 6.61 Å². The van der Waals surface area contributed by atoms with Gasteiger partial charge in [-0.2, -0.15) is 13.2 Å². The molecule has 0 saturated carbocycles. The number of hydrogen-bond acceptors (Lipinski definition) is 4. The Labute approximate surface area is 95.2 Å². The predicted octanol–water partition coefficient (Wildman–Crippen LogP) is 2.33. The monoisotopic (exact) mass is 252 g/mol. The molecular formula is C9H11F3N2OS. The molecule has 0 amide bonds. The molecule has 0 aliphatic heterocycles. The van der Waals surface area contributed by atoms with Crippen LogP contribution in [0.4, 0.5) is 19.0 Å². The SMILES string of the molecule is Nc1ccc(SCCOCC(F)(F)F)cn1. The van der Waals surface area contributed by atoms with E-state index in [9.17, 15) is 13.2 Å². The lowest BCUT2D eigenvalue weighted by Gasteiger charge is -2.07. The molecule has 16 heavy (non-hydrogen) atoms. The fourth-order valence-electron chi connectivity index (χ4n) is 0.883. The van der Waals surface area contributed by atoms with Crippen molar-refractivity contribution in [2.24, 2.45) is 0 Å². The molecular weight excluding hydrogens is 241 g/mol. The van der Waals surface area contributed by atoms with Crippen LogP contribution in [0.5, 0.6) is 0 Å². The second-order valence-electron chi connectivity index (χ2n) is 2.93. The number of nitrogens with two attached hydrogens (primary N) is 1. The summed E-state index contributed by atoms with van der Waals surface area (Å²) in [5, 5.41) is 0. The van der Waals surface area contributed by atoms with E-state index in [0.29, 0.717) is 11.6 Å². The third-order valence-corrected chi connectivity index (χ3v) is 2.47. The van der Waals surface area contributed by atoms with Gasteiger partial charge in [0.25, 0.3) is 0 Å². The van der Waals surface area contributed by atoms with Crippen molar-refractivity contribution < 1.29 is 17.9 Å². The molecule has 2 N–H and O–H groups in total. The largest absolute Gasteiger partial charge is 0.411 e. The Bertz CT molecular complexity index is 316. The van der Waals surface area contributed by atoms with Crippen molar-refractivity contribution in [3.63, 3.8) is 0 Å². The van der Waals surface area contributed by atoms with Gasteiger partial charge in [0.1, 0.15) is 12.4 Å². The predicted molar refractivity (Wildman–Crippen MR) is 56.2 cm³/mol. The van der Waals surface area contributed by atoms with Crippen molar-refractivity contribution in [2.75, 3.05) is 24.7 Å². The number of hydrogen-bond donors (Lipinski definition) is 1.